The van der Waals surface area contributed by atoms with Crippen molar-refractivity contribution in [2.24, 2.45) is 0 Å². The van der Waals surface area contributed by atoms with Crippen LogP contribution in [-0.2, 0) is 23.8 Å². The lowest BCUT2D eigenvalue weighted by atomic mass is 10.1. The molecule has 1 aliphatic heterocycles. The van der Waals surface area contributed by atoms with Crippen molar-refractivity contribution in [3.8, 4) is 0 Å². The van der Waals surface area contributed by atoms with Crippen molar-refractivity contribution in [2.75, 3.05) is 32.5 Å². The molecule has 30 heavy (non-hydrogen) atoms. The highest BCUT2D eigenvalue weighted by Gasteiger charge is 2.33. The van der Waals surface area contributed by atoms with Crippen LogP contribution in [0.25, 0.3) is 0 Å². The Morgan fingerprint density at radius 3 is 2.37 bits per heavy atom. The van der Waals surface area contributed by atoms with Gasteiger partial charge >= 0.3 is 17.9 Å². The molecule has 0 aromatic heterocycles. The summed E-state index contributed by atoms with van der Waals surface area (Å²) in [6.45, 7) is -0.184. The van der Waals surface area contributed by atoms with Crippen LogP contribution in [0.4, 0.5) is 5.69 Å². The van der Waals surface area contributed by atoms with Gasteiger partial charge in [0, 0.05) is 15.5 Å². The number of esters is 2. The maximum Gasteiger partial charge on any atom is 0.355 e. The molecule has 156 valence electrons. The lowest BCUT2D eigenvalue weighted by molar-refractivity contribution is -0.140. The summed E-state index contributed by atoms with van der Waals surface area (Å²) in [5, 5.41) is 9.73. The molecule has 0 fully saturated rings. The smallest absolute Gasteiger partial charge is 0.355 e. The Kier molecular flexibility index (Phi) is 6.76. The van der Waals surface area contributed by atoms with Gasteiger partial charge in [-0.1, -0.05) is 30.0 Å². The zero-order valence-corrected chi connectivity index (χ0v) is 17.1. The average molecular weight is 429 g/mol. The summed E-state index contributed by atoms with van der Waals surface area (Å²) in [5.74, 6) is -2.60. The molecule has 8 nitrogen and oxygen atoms in total. The summed E-state index contributed by atoms with van der Waals surface area (Å²) in [7, 11) is 2.39. The second-order valence-electron chi connectivity index (χ2n) is 6.12. The molecule has 1 aliphatic rings. The highest BCUT2D eigenvalue weighted by atomic mass is 32.2. The molecule has 0 radical (unpaired) electrons. The number of carboxylic acid groups (broad SMARTS) is 1. The molecule has 0 saturated carbocycles. The molecule has 0 spiro atoms. The minimum atomic E-state index is -1.12. The molecule has 2 aromatic carbocycles. The van der Waals surface area contributed by atoms with Crippen molar-refractivity contribution in [3.05, 3.63) is 65.4 Å². The van der Waals surface area contributed by atoms with Crippen LogP contribution < -0.4 is 4.90 Å². The summed E-state index contributed by atoms with van der Waals surface area (Å²) < 4.78 is 15.0. The van der Waals surface area contributed by atoms with Crippen LogP contribution in [0.15, 0.2) is 69.6 Å². The van der Waals surface area contributed by atoms with E-state index in [1.165, 1.54) is 36.9 Å². The van der Waals surface area contributed by atoms with Crippen LogP contribution in [0.5, 0.6) is 0 Å². The average Bonchev–Trinajstić information content (AvgIpc) is 2.78. The van der Waals surface area contributed by atoms with E-state index in [9.17, 15) is 19.5 Å². The molecular formula is C21H19NO7S. The van der Waals surface area contributed by atoms with Gasteiger partial charge < -0.3 is 24.2 Å². The van der Waals surface area contributed by atoms with Gasteiger partial charge in [-0.3, -0.25) is 0 Å². The Morgan fingerprint density at radius 2 is 1.73 bits per heavy atom. The summed E-state index contributed by atoms with van der Waals surface area (Å²) >= 11 is 1.31. The Labute approximate surface area is 177 Å². The minimum absolute atomic E-state index is 0.00443. The third-order valence-corrected chi connectivity index (χ3v) is 5.39. The molecule has 1 heterocycles. The maximum absolute atomic E-state index is 12.4. The largest absolute Gasteiger partial charge is 0.478 e. The number of carbonyl (C=O) groups is 3. The molecule has 0 unspecified atom stereocenters. The van der Waals surface area contributed by atoms with Gasteiger partial charge in [0.2, 0.25) is 0 Å². The number of hydrogen-bond acceptors (Lipinski definition) is 8. The van der Waals surface area contributed by atoms with E-state index in [0.717, 1.165) is 4.90 Å². The Morgan fingerprint density at radius 1 is 1.03 bits per heavy atom. The fraction of sp³-hybridized carbons (Fsp3) is 0.190. The van der Waals surface area contributed by atoms with E-state index in [1.807, 2.05) is 30.3 Å². The third-order valence-electron chi connectivity index (χ3n) is 4.31. The van der Waals surface area contributed by atoms with E-state index in [4.69, 9.17) is 14.2 Å². The highest BCUT2D eigenvalue weighted by Crippen LogP contribution is 2.35. The van der Waals surface area contributed by atoms with Crippen molar-refractivity contribution in [3.63, 3.8) is 0 Å². The Bertz CT molecular complexity index is 1000. The predicted molar refractivity (Wildman–Crippen MR) is 108 cm³/mol. The van der Waals surface area contributed by atoms with Gasteiger partial charge in [-0.2, -0.15) is 0 Å². The number of carbonyl (C=O) groups excluding carboxylic acids is 2. The van der Waals surface area contributed by atoms with Gasteiger partial charge in [0.1, 0.15) is 12.4 Å². The molecule has 0 saturated heterocycles. The fourth-order valence-corrected chi connectivity index (χ4v) is 3.84. The first kappa shape index (κ1) is 21.4. The number of anilines is 1. The molecule has 2 aromatic rings. The number of carboxylic acids is 1. The van der Waals surface area contributed by atoms with E-state index in [-0.39, 0.29) is 30.2 Å². The van der Waals surface area contributed by atoms with Crippen molar-refractivity contribution in [1.82, 2.24) is 0 Å². The van der Waals surface area contributed by atoms with Crippen LogP contribution in [0.1, 0.15) is 10.4 Å². The van der Waals surface area contributed by atoms with Crippen LogP contribution in [0.3, 0.4) is 0 Å². The molecule has 0 bridgehead atoms. The van der Waals surface area contributed by atoms with E-state index in [2.05, 4.69) is 0 Å². The Balaban J connectivity index is 2.05. The van der Waals surface area contributed by atoms with Gasteiger partial charge in [-0.15, -0.1) is 0 Å². The topological polar surface area (TPSA) is 102 Å². The number of aromatic carboxylic acids is 1. The van der Waals surface area contributed by atoms with Crippen molar-refractivity contribution >= 4 is 35.4 Å². The first-order valence-electron chi connectivity index (χ1n) is 8.81. The molecule has 3 rings (SSSR count). The standard InChI is InChI=1S/C21H19NO7S/c1-27-20(25)16-11-29-12-22(18(16)21(26)28-2)13-8-9-17(15(10-13)19(23)24)30-14-6-4-3-5-7-14/h3-10H,11-12H2,1-2H3,(H,23,24). The molecule has 0 atom stereocenters. The SMILES string of the molecule is COC(=O)C1=C(C(=O)OC)N(c2ccc(Sc3ccccc3)c(C(=O)O)c2)COC1. The highest BCUT2D eigenvalue weighted by molar-refractivity contribution is 7.99. The van der Waals surface area contributed by atoms with Gasteiger partial charge in [0.05, 0.1) is 32.0 Å². The maximum atomic E-state index is 12.4. The summed E-state index contributed by atoms with van der Waals surface area (Å²) in [6.07, 6.45) is 0. The van der Waals surface area contributed by atoms with Crippen LogP contribution in [-0.4, -0.2) is 50.6 Å². The van der Waals surface area contributed by atoms with Gasteiger partial charge in [-0.05, 0) is 30.3 Å². The number of methoxy groups -OCH3 is 2. The number of nitrogens with zero attached hydrogens (tertiary/aromatic N) is 1. The zero-order valence-electron chi connectivity index (χ0n) is 16.3. The van der Waals surface area contributed by atoms with Crippen molar-refractivity contribution < 1.29 is 33.7 Å². The van der Waals surface area contributed by atoms with E-state index < -0.39 is 17.9 Å². The lowest BCUT2D eigenvalue weighted by Crippen LogP contribution is -2.38. The van der Waals surface area contributed by atoms with Gasteiger partial charge in [-0.25, -0.2) is 14.4 Å². The lowest BCUT2D eigenvalue weighted by Gasteiger charge is -2.31. The van der Waals surface area contributed by atoms with Crippen molar-refractivity contribution in [1.29, 1.82) is 0 Å². The van der Waals surface area contributed by atoms with E-state index >= 15 is 0 Å². The van der Waals surface area contributed by atoms with Gasteiger partial charge in [0.25, 0.3) is 0 Å². The quantitative estimate of drug-likeness (QED) is 0.694. The number of benzene rings is 2. The van der Waals surface area contributed by atoms with Gasteiger partial charge in [0.15, 0.2) is 0 Å². The van der Waals surface area contributed by atoms with Crippen molar-refractivity contribution in [2.45, 2.75) is 9.79 Å². The molecule has 9 heteroatoms. The zero-order chi connectivity index (χ0) is 21.7. The summed E-state index contributed by atoms with van der Waals surface area (Å²) in [4.78, 5) is 39.2. The number of rotatable bonds is 6. The number of hydrogen-bond donors (Lipinski definition) is 1. The van der Waals surface area contributed by atoms with E-state index in [0.29, 0.717) is 10.6 Å². The number of ether oxygens (including phenoxy) is 3. The molecule has 0 amide bonds. The third kappa shape index (κ3) is 4.47. The van der Waals surface area contributed by atoms with Crippen LogP contribution in [0.2, 0.25) is 0 Å². The molecular weight excluding hydrogens is 410 g/mol. The summed E-state index contributed by atoms with van der Waals surface area (Å²) in [6, 6.07) is 14.1. The van der Waals surface area contributed by atoms with Crippen LogP contribution >= 0.6 is 11.8 Å². The summed E-state index contributed by atoms with van der Waals surface area (Å²) in [5.41, 5.74) is 0.368. The molecule has 1 N–H and O–H groups in total. The molecule has 0 aliphatic carbocycles. The monoisotopic (exact) mass is 429 g/mol. The normalized spacial score (nSPS) is 13.7. The second-order valence-corrected chi connectivity index (χ2v) is 7.23. The van der Waals surface area contributed by atoms with E-state index in [1.54, 1.807) is 12.1 Å². The minimum Gasteiger partial charge on any atom is -0.478 e. The second kappa shape index (κ2) is 9.47. The first-order valence-corrected chi connectivity index (χ1v) is 9.63. The fourth-order valence-electron chi connectivity index (χ4n) is 2.90. The van der Waals surface area contributed by atoms with Crippen LogP contribution in [0, 0.1) is 0 Å². The predicted octanol–water partition coefficient (Wildman–Crippen LogP) is 2.93. The first-order chi connectivity index (χ1) is 14.5. The Hall–Kier alpha value is -3.30.